The lowest BCUT2D eigenvalue weighted by Gasteiger charge is -2.23. The van der Waals surface area contributed by atoms with Crippen LogP contribution in [0.15, 0.2) is 60.7 Å². The van der Waals surface area contributed by atoms with Gasteiger partial charge in [-0.1, -0.05) is 48.5 Å². The topological polar surface area (TPSA) is 88.1 Å². The molecule has 1 unspecified atom stereocenters. The lowest BCUT2D eigenvalue weighted by atomic mass is 9.95. The molecule has 1 saturated heterocycles. The molecule has 1 fully saturated rings. The molecule has 7 heteroatoms. The summed E-state index contributed by atoms with van der Waals surface area (Å²) in [5.74, 6) is -0.268. The summed E-state index contributed by atoms with van der Waals surface area (Å²) < 4.78 is 10.5. The fourth-order valence-corrected chi connectivity index (χ4v) is 3.61. The molecule has 0 aliphatic carbocycles. The van der Waals surface area contributed by atoms with Gasteiger partial charge in [0.15, 0.2) is 0 Å². The molecular weight excluding hydrogens is 384 g/mol. The normalized spacial score (nSPS) is 21.2. The number of amides is 1. The van der Waals surface area contributed by atoms with Crippen LogP contribution >= 0.6 is 0 Å². The van der Waals surface area contributed by atoms with Crippen LogP contribution in [0.1, 0.15) is 17.5 Å². The molecule has 0 saturated carbocycles. The quantitative estimate of drug-likeness (QED) is 0.714. The van der Waals surface area contributed by atoms with Crippen molar-refractivity contribution in [3.63, 3.8) is 0 Å². The van der Waals surface area contributed by atoms with E-state index in [-0.39, 0.29) is 19.2 Å². The third-order valence-electron chi connectivity index (χ3n) is 5.27. The average molecular weight is 408 g/mol. The summed E-state index contributed by atoms with van der Waals surface area (Å²) in [7, 11) is 0. The molecule has 0 bridgehead atoms. The van der Waals surface area contributed by atoms with Crippen molar-refractivity contribution in [3.05, 3.63) is 71.8 Å². The fourth-order valence-electron chi connectivity index (χ4n) is 3.61. The second-order valence-corrected chi connectivity index (χ2v) is 7.33. The number of carbonyl (C=O) groups is 2. The number of cyclic esters (lactones) is 1. The number of aliphatic hydroxyl groups excluding tert-OH is 1. The van der Waals surface area contributed by atoms with Crippen LogP contribution in [-0.2, 0) is 20.9 Å². The number of nitrogens with zero attached hydrogens (tertiary/aromatic N) is 1. The maximum absolute atomic E-state index is 12.5. The lowest BCUT2D eigenvalue weighted by molar-refractivity contribution is -0.147. The number of aliphatic hydroxyl groups is 1. The zero-order valence-corrected chi connectivity index (χ0v) is 16.5. The number of hydrogen-bond donors (Lipinski definition) is 2. The van der Waals surface area contributed by atoms with Crippen molar-refractivity contribution in [1.29, 1.82) is 0 Å². The Morgan fingerprint density at radius 2 is 1.93 bits per heavy atom. The van der Waals surface area contributed by atoms with Gasteiger partial charge in [-0.15, -0.1) is 0 Å². The predicted octanol–water partition coefficient (Wildman–Crippen LogP) is 2.49. The van der Waals surface area contributed by atoms with Crippen LogP contribution in [0.25, 0.3) is 5.57 Å². The van der Waals surface area contributed by atoms with E-state index in [9.17, 15) is 14.7 Å². The highest BCUT2D eigenvalue weighted by Gasteiger charge is 2.32. The second-order valence-electron chi connectivity index (χ2n) is 7.33. The zero-order valence-electron chi connectivity index (χ0n) is 16.5. The Kier molecular flexibility index (Phi) is 6.11. The van der Waals surface area contributed by atoms with Gasteiger partial charge in [0.2, 0.25) is 0 Å². The Morgan fingerprint density at radius 1 is 1.17 bits per heavy atom. The Balaban J connectivity index is 1.37. The van der Waals surface area contributed by atoms with Crippen LogP contribution < -0.4 is 10.2 Å². The van der Waals surface area contributed by atoms with Gasteiger partial charge in [-0.05, 0) is 35.3 Å². The standard InChI is InChI=1S/C23H24N2O5/c26-14-20-13-25(23(28)30-20)19-8-6-17(7-9-19)18-10-11-24-21(12-18)22(27)29-15-16-4-2-1-3-5-16/h1-10,20-21,24,26H,11-15H2/t20-,21?/m1/s1. The van der Waals surface area contributed by atoms with Crippen molar-refractivity contribution >= 4 is 23.3 Å². The van der Waals surface area contributed by atoms with Crippen molar-refractivity contribution in [2.45, 2.75) is 25.2 Å². The van der Waals surface area contributed by atoms with Crippen LogP contribution in [0.5, 0.6) is 0 Å². The minimum Gasteiger partial charge on any atom is -0.460 e. The summed E-state index contributed by atoms with van der Waals surface area (Å²) >= 11 is 0. The third-order valence-corrected chi connectivity index (χ3v) is 5.27. The highest BCUT2D eigenvalue weighted by molar-refractivity contribution is 5.90. The number of nitrogens with one attached hydrogen (secondary N) is 1. The molecule has 2 aromatic carbocycles. The zero-order chi connectivity index (χ0) is 20.9. The smallest absolute Gasteiger partial charge is 0.414 e. The monoisotopic (exact) mass is 408 g/mol. The molecule has 1 amide bonds. The number of ether oxygens (including phenoxy) is 2. The SMILES string of the molecule is O=C(OCc1ccccc1)C1CC(c2ccc(N3C[C@H](CO)OC3=O)cc2)=CCN1. The van der Waals surface area contributed by atoms with Gasteiger partial charge in [0, 0.05) is 12.2 Å². The van der Waals surface area contributed by atoms with Crippen LogP contribution in [0.4, 0.5) is 10.5 Å². The Bertz CT molecular complexity index is 926. The van der Waals surface area contributed by atoms with E-state index in [1.807, 2.05) is 54.6 Å². The molecule has 0 radical (unpaired) electrons. The van der Waals surface area contributed by atoms with Crippen molar-refractivity contribution in [1.82, 2.24) is 5.32 Å². The van der Waals surface area contributed by atoms with E-state index < -0.39 is 18.2 Å². The van der Waals surface area contributed by atoms with Crippen LogP contribution in [-0.4, -0.2) is 49.0 Å². The molecule has 30 heavy (non-hydrogen) atoms. The molecule has 2 aliphatic rings. The molecule has 2 atom stereocenters. The number of anilines is 1. The van der Waals surface area contributed by atoms with E-state index in [0.717, 1.165) is 16.7 Å². The van der Waals surface area contributed by atoms with Crippen molar-refractivity contribution in [2.75, 3.05) is 24.6 Å². The summed E-state index contributed by atoms with van der Waals surface area (Å²) in [5.41, 5.74) is 3.72. The number of carbonyl (C=O) groups excluding carboxylic acids is 2. The molecule has 2 heterocycles. The van der Waals surface area contributed by atoms with E-state index >= 15 is 0 Å². The van der Waals surface area contributed by atoms with E-state index in [4.69, 9.17) is 9.47 Å². The highest BCUT2D eigenvalue weighted by Crippen LogP contribution is 2.27. The number of esters is 1. The largest absolute Gasteiger partial charge is 0.460 e. The summed E-state index contributed by atoms with van der Waals surface area (Å²) in [5, 5.41) is 12.4. The molecule has 0 spiro atoms. The van der Waals surface area contributed by atoms with Crippen LogP contribution in [0.3, 0.4) is 0 Å². The molecule has 156 valence electrons. The first-order valence-corrected chi connectivity index (χ1v) is 9.96. The minimum atomic E-state index is -0.494. The number of rotatable bonds is 6. The van der Waals surface area contributed by atoms with Gasteiger partial charge in [0.25, 0.3) is 0 Å². The first kappa shape index (κ1) is 20.1. The lowest BCUT2D eigenvalue weighted by Crippen LogP contribution is -2.40. The van der Waals surface area contributed by atoms with E-state index in [1.54, 1.807) is 0 Å². The molecular formula is C23H24N2O5. The minimum absolute atomic E-state index is 0.192. The van der Waals surface area contributed by atoms with Gasteiger partial charge >= 0.3 is 12.1 Å². The molecule has 0 aromatic heterocycles. The van der Waals surface area contributed by atoms with Crippen molar-refractivity contribution < 1.29 is 24.2 Å². The van der Waals surface area contributed by atoms with Gasteiger partial charge in [-0.3, -0.25) is 9.69 Å². The summed E-state index contributed by atoms with van der Waals surface area (Å²) in [6.07, 6.45) is 1.64. The summed E-state index contributed by atoms with van der Waals surface area (Å²) in [6, 6.07) is 16.8. The first-order valence-electron chi connectivity index (χ1n) is 9.96. The maximum Gasteiger partial charge on any atom is 0.414 e. The van der Waals surface area contributed by atoms with E-state index in [1.165, 1.54) is 4.90 Å². The van der Waals surface area contributed by atoms with Crippen LogP contribution in [0.2, 0.25) is 0 Å². The second kappa shape index (κ2) is 9.11. The Morgan fingerprint density at radius 3 is 2.63 bits per heavy atom. The van der Waals surface area contributed by atoms with Gasteiger partial charge < -0.3 is 19.9 Å². The summed E-state index contributed by atoms with van der Waals surface area (Å²) in [4.78, 5) is 25.9. The molecule has 2 N–H and O–H groups in total. The Labute approximate surface area is 174 Å². The predicted molar refractivity (Wildman–Crippen MR) is 112 cm³/mol. The molecule has 4 rings (SSSR count). The van der Waals surface area contributed by atoms with Gasteiger partial charge in [-0.25, -0.2) is 4.79 Å². The van der Waals surface area contributed by atoms with E-state index in [0.29, 0.717) is 25.2 Å². The first-order chi connectivity index (χ1) is 14.6. The van der Waals surface area contributed by atoms with Gasteiger partial charge in [-0.2, -0.15) is 0 Å². The Hall–Kier alpha value is -3.16. The summed E-state index contributed by atoms with van der Waals surface area (Å²) in [6.45, 7) is 0.976. The number of hydrogen-bond acceptors (Lipinski definition) is 6. The fraction of sp³-hybridized carbons (Fsp3) is 0.304. The maximum atomic E-state index is 12.5. The highest BCUT2D eigenvalue weighted by atomic mass is 16.6. The van der Waals surface area contributed by atoms with Crippen molar-refractivity contribution in [3.8, 4) is 0 Å². The van der Waals surface area contributed by atoms with E-state index in [2.05, 4.69) is 11.4 Å². The molecule has 7 nitrogen and oxygen atoms in total. The molecule has 2 aromatic rings. The number of benzene rings is 2. The van der Waals surface area contributed by atoms with Gasteiger partial charge in [0.1, 0.15) is 18.8 Å². The average Bonchev–Trinajstić information content (AvgIpc) is 3.19. The third kappa shape index (κ3) is 4.53. The van der Waals surface area contributed by atoms with Gasteiger partial charge in [0.05, 0.1) is 13.2 Å². The van der Waals surface area contributed by atoms with Crippen LogP contribution in [0, 0.1) is 0 Å². The molecule has 2 aliphatic heterocycles. The van der Waals surface area contributed by atoms with Crippen molar-refractivity contribution in [2.24, 2.45) is 0 Å².